The molecule has 0 spiro atoms. The molecule has 0 aromatic heterocycles. The van der Waals surface area contributed by atoms with Gasteiger partial charge in [-0.3, -0.25) is 4.79 Å². The monoisotopic (exact) mass is 312 g/mol. The molecule has 1 atom stereocenters. The number of amides is 1. The van der Waals surface area contributed by atoms with Gasteiger partial charge in [-0.15, -0.1) is 0 Å². The molecule has 1 fully saturated rings. The fraction of sp³-hybridized carbons (Fsp3) is 0.333. The van der Waals surface area contributed by atoms with Crippen molar-refractivity contribution in [2.45, 2.75) is 6.10 Å². The van der Waals surface area contributed by atoms with Crippen molar-refractivity contribution >= 4 is 21.8 Å². The minimum absolute atomic E-state index is 0.148. The largest absolute Gasteiger partial charge is 0.360 e. The molecule has 1 saturated heterocycles. The molecule has 4 nitrogen and oxygen atoms in total. The van der Waals surface area contributed by atoms with Crippen LogP contribution in [0.5, 0.6) is 0 Å². The predicted octanol–water partition coefficient (Wildman–Crippen LogP) is 1.95. The lowest BCUT2D eigenvalue weighted by atomic mass is 10.1. The molecule has 1 aliphatic heterocycles. The first-order chi connectivity index (χ1) is 8.63. The van der Waals surface area contributed by atoms with Crippen molar-refractivity contribution in [1.29, 1.82) is 5.26 Å². The summed E-state index contributed by atoms with van der Waals surface area (Å²) in [5.41, 5.74) is 0.258. The van der Waals surface area contributed by atoms with Crippen LogP contribution in [0.15, 0.2) is 22.7 Å². The Morgan fingerprint density at radius 3 is 3.11 bits per heavy atom. The van der Waals surface area contributed by atoms with Gasteiger partial charge >= 0.3 is 0 Å². The van der Waals surface area contributed by atoms with Gasteiger partial charge in [0, 0.05) is 6.54 Å². The molecule has 2 rings (SSSR count). The zero-order valence-electron chi connectivity index (χ0n) is 9.40. The smallest absolute Gasteiger partial charge is 0.255 e. The molecular weight excluding hydrogens is 303 g/mol. The lowest BCUT2D eigenvalue weighted by Crippen LogP contribution is -2.45. The van der Waals surface area contributed by atoms with Gasteiger partial charge in [-0.1, -0.05) is 6.07 Å². The fourth-order valence-electron chi connectivity index (χ4n) is 1.75. The van der Waals surface area contributed by atoms with Gasteiger partial charge in [0.05, 0.1) is 29.3 Å². The average Bonchev–Trinajstić information content (AvgIpc) is 2.41. The van der Waals surface area contributed by atoms with Crippen molar-refractivity contribution < 1.29 is 13.9 Å². The number of nitrogens with zero attached hydrogens (tertiary/aromatic N) is 2. The van der Waals surface area contributed by atoms with Crippen molar-refractivity contribution in [3.63, 3.8) is 0 Å². The normalized spacial score (nSPS) is 19.4. The standard InChI is InChI=1S/C12H10BrFN2O2/c13-11-9(2-1-3-10(11)14)12(17)16-4-5-18-8(6-15)7-16/h1-3,8H,4-5,7H2. The van der Waals surface area contributed by atoms with Gasteiger partial charge in [0.25, 0.3) is 5.91 Å². The maximum Gasteiger partial charge on any atom is 0.255 e. The van der Waals surface area contributed by atoms with E-state index in [4.69, 9.17) is 10.00 Å². The van der Waals surface area contributed by atoms with E-state index in [0.717, 1.165) is 0 Å². The number of hydrogen-bond acceptors (Lipinski definition) is 3. The molecule has 0 aliphatic carbocycles. The van der Waals surface area contributed by atoms with E-state index >= 15 is 0 Å². The second-order valence-electron chi connectivity index (χ2n) is 3.84. The fourth-order valence-corrected chi connectivity index (χ4v) is 2.19. The van der Waals surface area contributed by atoms with Gasteiger partial charge in [-0.2, -0.15) is 5.26 Å². The molecule has 0 bridgehead atoms. The number of rotatable bonds is 1. The van der Waals surface area contributed by atoms with E-state index in [1.165, 1.54) is 17.0 Å². The summed E-state index contributed by atoms with van der Waals surface area (Å²) in [4.78, 5) is 13.7. The van der Waals surface area contributed by atoms with Crippen LogP contribution < -0.4 is 0 Å². The van der Waals surface area contributed by atoms with Crippen molar-refractivity contribution in [3.05, 3.63) is 34.1 Å². The quantitative estimate of drug-likeness (QED) is 0.796. The van der Waals surface area contributed by atoms with E-state index < -0.39 is 11.9 Å². The first-order valence-corrected chi connectivity index (χ1v) is 6.17. The molecular formula is C12H10BrFN2O2. The van der Waals surface area contributed by atoms with Gasteiger partial charge in [0.2, 0.25) is 0 Å². The van der Waals surface area contributed by atoms with E-state index in [2.05, 4.69) is 15.9 Å². The van der Waals surface area contributed by atoms with E-state index in [9.17, 15) is 9.18 Å². The summed E-state index contributed by atoms with van der Waals surface area (Å²) in [7, 11) is 0. The second kappa shape index (κ2) is 5.46. The Labute approximate surface area is 112 Å². The van der Waals surface area contributed by atoms with Crippen molar-refractivity contribution in [1.82, 2.24) is 4.90 Å². The second-order valence-corrected chi connectivity index (χ2v) is 4.63. The van der Waals surface area contributed by atoms with Crippen LogP contribution in [0.3, 0.4) is 0 Å². The lowest BCUT2D eigenvalue weighted by Gasteiger charge is -2.30. The summed E-state index contributed by atoms with van der Waals surface area (Å²) in [6, 6.07) is 6.27. The van der Waals surface area contributed by atoms with Crippen LogP contribution in [0.1, 0.15) is 10.4 Å². The number of halogens is 2. The molecule has 0 saturated carbocycles. The number of carbonyl (C=O) groups is 1. The van der Waals surface area contributed by atoms with Gasteiger partial charge in [0.15, 0.2) is 6.10 Å². The van der Waals surface area contributed by atoms with Crippen LogP contribution in [-0.2, 0) is 4.74 Å². The van der Waals surface area contributed by atoms with Crippen molar-refractivity contribution in [3.8, 4) is 6.07 Å². The van der Waals surface area contributed by atoms with E-state index in [1.807, 2.05) is 6.07 Å². The summed E-state index contributed by atoms with van der Waals surface area (Å²) in [5, 5.41) is 8.78. The van der Waals surface area contributed by atoms with Crippen LogP contribution in [0, 0.1) is 17.1 Å². The Morgan fingerprint density at radius 2 is 2.39 bits per heavy atom. The Kier molecular flexibility index (Phi) is 3.94. The van der Waals surface area contributed by atoms with Crippen LogP contribution in [0.4, 0.5) is 4.39 Å². The first-order valence-electron chi connectivity index (χ1n) is 5.38. The Balaban J connectivity index is 2.21. The molecule has 1 aliphatic rings. The average molecular weight is 313 g/mol. The zero-order valence-corrected chi connectivity index (χ0v) is 11.0. The Morgan fingerprint density at radius 1 is 1.61 bits per heavy atom. The first kappa shape index (κ1) is 13.0. The molecule has 1 aromatic rings. The van der Waals surface area contributed by atoms with E-state index in [-0.39, 0.29) is 22.5 Å². The maximum absolute atomic E-state index is 13.4. The number of nitriles is 1. The van der Waals surface area contributed by atoms with Crippen LogP contribution in [0.25, 0.3) is 0 Å². The molecule has 1 unspecified atom stereocenters. The highest BCUT2D eigenvalue weighted by molar-refractivity contribution is 9.10. The van der Waals surface area contributed by atoms with Gasteiger partial charge < -0.3 is 9.64 Å². The van der Waals surface area contributed by atoms with Gasteiger partial charge in [0.1, 0.15) is 5.82 Å². The SMILES string of the molecule is N#CC1CN(C(=O)c2cccc(F)c2Br)CCO1. The van der Waals surface area contributed by atoms with Crippen LogP contribution >= 0.6 is 15.9 Å². The Hall–Kier alpha value is -1.45. The van der Waals surface area contributed by atoms with E-state index in [1.54, 1.807) is 6.07 Å². The van der Waals surface area contributed by atoms with Crippen LogP contribution in [0.2, 0.25) is 0 Å². The highest BCUT2D eigenvalue weighted by Crippen LogP contribution is 2.22. The number of morpholine rings is 1. The number of hydrogen-bond donors (Lipinski definition) is 0. The maximum atomic E-state index is 13.4. The molecule has 1 aromatic carbocycles. The van der Waals surface area contributed by atoms with Gasteiger partial charge in [-0.05, 0) is 28.1 Å². The Bertz CT molecular complexity index is 515. The molecule has 18 heavy (non-hydrogen) atoms. The number of benzene rings is 1. The van der Waals surface area contributed by atoms with Gasteiger partial charge in [-0.25, -0.2) is 4.39 Å². The number of carbonyl (C=O) groups excluding carboxylic acids is 1. The number of ether oxygens (including phenoxy) is 1. The zero-order chi connectivity index (χ0) is 13.1. The third-order valence-electron chi connectivity index (χ3n) is 2.68. The van der Waals surface area contributed by atoms with Crippen LogP contribution in [-0.4, -0.2) is 36.6 Å². The predicted molar refractivity (Wildman–Crippen MR) is 65.4 cm³/mol. The lowest BCUT2D eigenvalue weighted by molar-refractivity contribution is 0.00340. The molecule has 94 valence electrons. The third kappa shape index (κ3) is 2.52. The highest BCUT2D eigenvalue weighted by Gasteiger charge is 2.26. The molecule has 0 radical (unpaired) electrons. The summed E-state index contributed by atoms with van der Waals surface area (Å²) in [6.07, 6.45) is -0.616. The van der Waals surface area contributed by atoms with Crippen molar-refractivity contribution in [2.24, 2.45) is 0 Å². The van der Waals surface area contributed by atoms with E-state index in [0.29, 0.717) is 13.2 Å². The minimum atomic E-state index is -0.616. The minimum Gasteiger partial charge on any atom is -0.360 e. The topological polar surface area (TPSA) is 53.3 Å². The summed E-state index contributed by atoms with van der Waals surface area (Å²) >= 11 is 3.06. The summed E-state index contributed by atoms with van der Waals surface area (Å²) < 4.78 is 18.7. The molecule has 0 N–H and O–H groups in total. The molecule has 1 amide bonds. The third-order valence-corrected chi connectivity index (χ3v) is 3.49. The summed E-state index contributed by atoms with van der Waals surface area (Å²) in [5.74, 6) is -0.782. The highest BCUT2D eigenvalue weighted by atomic mass is 79.9. The molecule has 6 heteroatoms. The van der Waals surface area contributed by atoms with Crippen molar-refractivity contribution in [2.75, 3.05) is 19.7 Å². The summed E-state index contributed by atoms with van der Waals surface area (Å²) in [6.45, 7) is 0.926. The molecule has 1 heterocycles.